The smallest absolute Gasteiger partial charge is 0.338 e. The first-order valence-corrected chi connectivity index (χ1v) is 9.75. The van der Waals surface area contributed by atoms with Gasteiger partial charge in [0.1, 0.15) is 5.69 Å². The Hall–Kier alpha value is -4.34. The van der Waals surface area contributed by atoms with Gasteiger partial charge in [-0.25, -0.2) is 9.48 Å². The van der Waals surface area contributed by atoms with Crippen molar-refractivity contribution in [1.82, 2.24) is 9.78 Å². The van der Waals surface area contributed by atoms with Gasteiger partial charge in [0.05, 0.1) is 17.1 Å². The van der Waals surface area contributed by atoms with Crippen molar-refractivity contribution >= 4 is 23.3 Å². The van der Waals surface area contributed by atoms with Crippen LogP contribution >= 0.6 is 0 Å². The van der Waals surface area contributed by atoms with Gasteiger partial charge in [0.15, 0.2) is 5.69 Å². The summed E-state index contributed by atoms with van der Waals surface area (Å²) in [5, 5.41) is 18.0. The maximum Gasteiger partial charge on any atom is 0.338 e. The third kappa shape index (κ3) is 4.86. The quantitative estimate of drug-likeness (QED) is 0.341. The SMILES string of the molecule is CCCOC(=O)c1ccc(NC(=O)c2nn(-c3ccccc3[N+](=O)[O-])c(C)cc2=O)cc1. The van der Waals surface area contributed by atoms with Crippen LogP contribution in [0.15, 0.2) is 59.4 Å². The van der Waals surface area contributed by atoms with Gasteiger partial charge in [0.2, 0.25) is 5.43 Å². The van der Waals surface area contributed by atoms with E-state index < -0.39 is 27.9 Å². The highest BCUT2D eigenvalue weighted by molar-refractivity contribution is 6.03. The predicted molar refractivity (Wildman–Crippen MR) is 116 cm³/mol. The van der Waals surface area contributed by atoms with Crippen LogP contribution in [0.25, 0.3) is 5.69 Å². The Morgan fingerprint density at radius 3 is 2.50 bits per heavy atom. The van der Waals surface area contributed by atoms with Crippen LogP contribution in [0.4, 0.5) is 11.4 Å². The summed E-state index contributed by atoms with van der Waals surface area (Å²) < 4.78 is 6.23. The molecule has 0 aliphatic carbocycles. The monoisotopic (exact) mass is 436 g/mol. The lowest BCUT2D eigenvalue weighted by Gasteiger charge is -2.12. The number of aromatic nitrogens is 2. The molecule has 0 saturated heterocycles. The number of anilines is 1. The Morgan fingerprint density at radius 2 is 1.84 bits per heavy atom. The lowest BCUT2D eigenvalue weighted by molar-refractivity contribution is -0.384. The standard InChI is InChI=1S/C22H20N4O6/c1-3-12-32-22(29)15-8-10-16(11-9-15)23-21(28)20-19(27)13-14(2)25(24-20)17-6-4-5-7-18(17)26(30)31/h4-11,13H,3,12H2,1-2H3,(H,23,28). The fourth-order valence-corrected chi connectivity index (χ4v) is 2.90. The molecule has 0 atom stereocenters. The number of esters is 1. The topological polar surface area (TPSA) is 133 Å². The fourth-order valence-electron chi connectivity index (χ4n) is 2.90. The maximum absolute atomic E-state index is 12.7. The molecule has 164 valence electrons. The normalized spacial score (nSPS) is 10.4. The summed E-state index contributed by atoms with van der Waals surface area (Å²) in [4.78, 5) is 47.7. The number of amides is 1. The maximum atomic E-state index is 12.7. The molecular weight excluding hydrogens is 416 g/mol. The number of para-hydroxylation sites is 2. The van der Waals surface area contributed by atoms with E-state index in [9.17, 15) is 24.5 Å². The van der Waals surface area contributed by atoms with Crippen molar-refractivity contribution in [2.24, 2.45) is 0 Å². The number of nitro benzene ring substituents is 1. The molecule has 0 aliphatic heterocycles. The van der Waals surface area contributed by atoms with Crippen LogP contribution in [0.2, 0.25) is 0 Å². The van der Waals surface area contributed by atoms with Crippen molar-refractivity contribution in [3.05, 3.63) is 91.9 Å². The summed E-state index contributed by atoms with van der Waals surface area (Å²) in [6, 6.07) is 13.0. The van der Waals surface area contributed by atoms with E-state index in [1.807, 2.05) is 6.92 Å². The molecule has 32 heavy (non-hydrogen) atoms. The number of carbonyl (C=O) groups excluding carboxylic acids is 2. The van der Waals surface area contributed by atoms with Gasteiger partial charge in [-0.3, -0.25) is 19.7 Å². The van der Waals surface area contributed by atoms with Crippen LogP contribution in [-0.4, -0.2) is 33.2 Å². The third-order valence-electron chi connectivity index (χ3n) is 4.44. The summed E-state index contributed by atoms with van der Waals surface area (Å²) in [5.41, 5.74) is -0.169. The first-order chi connectivity index (χ1) is 15.3. The molecule has 3 aromatic rings. The number of aryl methyl sites for hydroxylation is 1. The number of nitrogens with one attached hydrogen (secondary N) is 1. The first kappa shape index (κ1) is 22.3. The second kappa shape index (κ2) is 9.65. The molecule has 0 bridgehead atoms. The minimum Gasteiger partial charge on any atom is -0.462 e. The van der Waals surface area contributed by atoms with Crippen LogP contribution in [0.3, 0.4) is 0 Å². The van der Waals surface area contributed by atoms with E-state index in [1.165, 1.54) is 53.2 Å². The Bertz CT molecular complexity index is 1230. The van der Waals surface area contributed by atoms with E-state index in [0.717, 1.165) is 0 Å². The van der Waals surface area contributed by atoms with Crippen LogP contribution < -0.4 is 10.7 Å². The number of carbonyl (C=O) groups is 2. The molecule has 1 N–H and O–H groups in total. The molecule has 0 saturated carbocycles. The van der Waals surface area contributed by atoms with E-state index in [1.54, 1.807) is 13.0 Å². The van der Waals surface area contributed by atoms with Crippen LogP contribution in [0, 0.1) is 17.0 Å². The van der Waals surface area contributed by atoms with Crippen molar-refractivity contribution in [3.63, 3.8) is 0 Å². The molecule has 1 aromatic heterocycles. The zero-order valence-electron chi connectivity index (χ0n) is 17.4. The summed E-state index contributed by atoms with van der Waals surface area (Å²) in [6.45, 7) is 3.75. The number of nitro groups is 1. The number of hydrogen-bond donors (Lipinski definition) is 1. The highest BCUT2D eigenvalue weighted by Crippen LogP contribution is 2.22. The highest BCUT2D eigenvalue weighted by atomic mass is 16.6. The molecule has 3 rings (SSSR count). The van der Waals surface area contributed by atoms with Crippen LogP contribution in [-0.2, 0) is 4.74 Å². The third-order valence-corrected chi connectivity index (χ3v) is 4.44. The van der Waals surface area contributed by atoms with Gasteiger partial charge in [0.25, 0.3) is 11.6 Å². The molecule has 10 nitrogen and oxygen atoms in total. The van der Waals surface area contributed by atoms with Crippen molar-refractivity contribution in [2.45, 2.75) is 20.3 Å². The van der Waals surface area contributed by atoms with Gasteiger partial charge in [-0.1, -0.05) is 19.1 Å². The van der Waals surface area contributed by atoms with Crippen molar-refractivity contribution < 1.29 is 19.2 Å². The van der Waals surface area contributed by atoms with Gasteiger partial charge >= 0.3 is 5.97 Å². The van der Waals surface area contributed by atoms with E-state index in [0.29, 0.717) is 30.0 Å². The molecule has 0 radical (unpaired) electrons. The number of rotatable bonds is 7. The molecule has 0 unspecified atom stereocenters. The largest absolute Gasteiger partial charge is 0.462 e. The minimum absolute atomic E-state index is 0.124. The van der Waals surface area contributed by atoms with E-state index in [4.69, 9.17) is 4.74 Å². The lowest BCUT2D eigenvalue weighted by Crippen LogP contribution is -2.27. The van der Waals surface area contributed by atoms with Gasteiger partial charge in [-0.2, -0.15) is 5.10 Å². The molecule has 1 amide bonds. The Balaban J connectivity index is 1.88. The number of benzene rings is 2. The minimum atomic E-state index is -0.788. The van der Waals surface area contributed by atoms with Crippen LogP contribution in [0.5, 0.6) is 0 Å². The average Bonchev–Trinajstić information content (AvgIpc) is 2.78. The summed E-state index contributed by atoms with van der Waals surface area (Å²) in [6.07, 6.45) is 0.701. The molecule has 0 fully saturated rings. The molecule has 0 aliphatic rings. The van der Waals surface area contributed by atoms with Crippen molar-refractivity contribution in [3.8, 4) is 5.69 Å². The highest BCUT2D eigenvalue weighted by Gasteiger charge is 2.20. The van der Waals surface area contributed by atoms with Gasteiger partial charge < -0.3 is 10.1 Å². The zero-order valence-corrected chi connectivity index (χ0v) is 17.4. The van der Waals surface area contributed by atoms with Gasteiger partial charge in [-0.05, 0) is 43.7 Å². The van der Waals surface area contributed by atoms with Crippen molar-refractivity contribution in [1.29, 1.82) is 0 Å². The van der Waals surface area contributed by atoms with Crippen LogP contribution in [0.1, 0.15) is 39.9 Å². The molecular formula is C22H20N4O6. The molecule has 10 heteroatoms. The summed E-state index contributed by atoms with van der Waals surface area (Å²) in [5.74, 6) is -1.26. The van der Waals surface area contributed by atoms with E-state index in [2.05, 4.69) is 10.4 Å². The number of hydrogen-bond acceptors (Lipinski definition) is 7. The number of ether oxygens (including phenoxy) is 1. The van der Waals surface area contributed by atoms with Gasteiger partial charge in [-0.15, -0.1) is 0 Å². The average molecular weight is 436 g/mol. The predicted octanol–water partition coefficient (Wildman–Crippen LogP) is 3.27. The van der Waals surface area contributed by atoms with Crippen molar-refractivity contribution in [2.75, 3.05) is 11.9 Å². The molecule has 1 heterocycles. The Morgan fingerprint density at radius 1 is 1.16 bits per heavy atom. The summed E-state index contributed by atoms with van der Waals surface area (Å²) in [7, 11) is 0. The second-order valence-corrected chi connectivity index (χ2v) is 6.82. The zero-order chi connectivity index (χ0) is 23.3. The molecule has 0 spiro atoms. The molecule has 2 aromatic carbocycles. The fraction of sp³-hybridized carbons (Fsp3) is 0.182. The Labute approximate surface area is 182 Å². The Kier molecular flexibility index (Phi) is 6.74. The number of nitrogens with zero attached hydrogens (tertiary/aromatic N) is 3. The van der Waals surface area contributed by atoms with Gasteiger partial charge in [0, 0.05) is 23.5 Å². The summed E-state index contributed by atoms with van der Waals surface area (Å²) >= 11 is 0. The lowest BCUT2D eigenvalue weighted by atomic mass is 10.2. The van der Waals surface area contributed by atoms with E-state index in [-0.39, 0.29) is 11.4 Å². The van der Waals surface area contributed by atoms with E-state index >= 15 is 0 Å². The first-order valence-electron chi connectivity index (χ1n) is 9.75. The second-order valence-electron chi connectivity index (χ2n) is 6.82.